The lowest BCUT2D eigenvalue weighted by molar-refractivity contribution is -0.933. The van der Waals surface area contributed by atoms with Crippen LogP contribution in [-0.4, -0.2) is 60.2 Å². The van der Waals surface area contributed by atoms with Crippen LogP contribution in [0.1, 0.15) is 19.5 Å². The number of hydrogen-bond acceptors (Lipinski definition) is 2. The van der Waals surface area contributed by atoms with E-state index in [4.69, 9.17) is 0 Å². The summed E-state index contributed by atoms with van der Waals surface area (Å²) in [5.74, 6) is 0. The monoisotopic (exact) mass is 264 g/mol. The zero-order chi connectivity index (χ0) is 13.9. The second-order valence-electron chi connectivity index (χ2n) is 6.33. The molecular weight excluding hydrogens is 236 g/mol. The summed E-state index contributed by atoms with van der Waals surface area (Å²) in [6, 6.07) is 2.86. The Labute approximate surface area is 117 Å². The Morgan fingerprint density at radius 3 is 2.58 bits per heavy atom. The standard InChI is InChI=1S/C15H28N4/c1-14(2)19(4)11-9-18(10-12-19)8-6-15-5-7-17(3)13-16-15/h5,7,13-14H,6,8-12H2,1-4H3/q+2. The Morgan fingerprint density at radius 2 is 2.05 bits per heavy atom. The largest absolute Gasteiger partial charge is 0.322 e. The first-order valence-corrected chi connectivity index (χ1v) is 7.36. The molecule has 0 unspecified atom stereocenters. The summed E-state index contributed by atoms with van der Waals surface area (Å²) in [4.78, 5) is 7.03. The van der Waals surface area contributed by atoms with Crippen molar-refractivity contribution in [2.45, 2.75) is 26.3 Å². The highest BCUT2D eigenvalue weighted by Gasteiger charge is 2.31. The van der Waals surface area contributed by atoms with E-state index < -0.39 is 0 Å². The molecule has 4 nitrogen and oxygen atoms in total. The third-order valence-corrected chi connectivity index (χ3v) is 4.69. The Balaban J connectivity index is 1.78. The van der Waals surface area contributed by atoms with Gasteiger partial charge in [0.2, 0.25) is 0 Å². The fourth-order valence-corrected chi connectivity index (χ4v) is 2.57. The topological polar surface area (TPSA) is 20.0 Å². The summed E-state index contributed by atoms with van der Waals surface area (Å²) >= 11 is 0. The Bertz CT molecular complexity index is 391. The van der Waals surface area contributed by atoms with Crippen LogP contribution < -0.4 is 4.57 Å². The minimum atomic E-state index is 0.734. The Kier molecular flexibility index (Phi) is 4.53. The van der Waals surface area contributed by atoms with Gasteiger partial charge in [-0.15, -0.1) is 0 Å². The molecule has 0 aliphatic carbocycles. The van der Waals surface area contributed by atoms with Gasteiger partial charge >= 0.3 is 0 Å². The number of aryl methyl sites for hydroxylation is 1. The molecule has 0 saturated carbocycles. The van der Waals surface area contributed by atoms with Crippen LogP contribution in [0.4, 0.5) is 0 Å². The quantitative estimate of drug-likeness (QED) is 0.587. The van der Waals surface area contributed by atoms with E-state index in [-0.39, 0.29) is 0 Å². The minimum absolute atomic E-state index is 0.734. The highest BCUT2D eigenvalue weighted by Crippen LogP contribution is 2.14. The lowest BCUT2D eigenvalue weighted by atomic mass is 10.2. The molecule has 1 aliphatic heterocycles. The molecule has 2 heterocycles. The first-order chi connectivity index (χ1) is 8.99. The molecule has 1 fully saturated rings. The van der Waals surface area contributed by atoms with Crippen molar-refractivity contribution in [1.29, 1.82) is 0 Å². The molecule has 19 heavy (non-hydrogen) atoms. The maximum absolute atomic E-state index is 4.45. The molecule has 0 amide bonds. The average molecular weight is 264 g/mol. The van der Waals surface area contributed by atoms with Crippen LogP contribution in [0, 0.1) is 0 Å². The summed E-state index contributed by atoms with van der Waals surface area (Å²) in [6.45, 7) is 10.8. The lowest BCUT2D eigenvalue weighted by Crippen LogP contribution is -2.60. The van der Waals surface area contributed by atoms with Crippen molar-refractivity contribution in [3.05, 3.63) is 24.3 Å². The third-order valence-electron chi connectivity index (χ3n) is 4.69. The molecule has 2 rings (SSSR count). The molecule has 0 atom stereocenters. The van der Waals surface area contributed by atoms with Gasteiger partial charge < -0.3 is 4.48 Å². The number of piperazine rings is 1. The van der Waals surface area contributed by atoms with E-state index in [2.05, 4.69) is 43.0 Å². The molecule has 0 radical (unpaired) electrons. The van der Waals surface area contributed by atoms with Crippen molar-refractivity contribution >= 4 is 0 Å². The highest BCUT2D eigenvalue weighted by molar-refractivity contribution is 4.96. The molecule has 0 spiro atoms. The maximum atomic E-state index is 4.45. The van der Waals surface area contributed by atoms with Gasteiger partial charge in [0.05, 0.1) is 39.4 Å². The average Bonchev–Trinajstić information content (AvgIpc) is 2.40. The Morgan fingerprint density at radius 1 is 1.37 bits per heavy atom. The van der Waals surface area contributed by atoms with Gasteiger partial charge in [-0.25, -0.2) is 4.57 Å². The van der Waals surface area contributed by atoms with Crippen LogP contribution in [0.5, 0.6) is 0 Å². The second kappa shape index (κ2) is 5.97. The SMILES string of the molecule is CC(C)[N+]1(C)CCN(CCc2cc[n+](C)cn2)CC1. The molecule has 1 aromatic heterocycles. The maximum Gasteiger partial charge on any atom is 0.286 e. The van der Waals surface area contributed by atoms with Crippen molar-refractivity contribution < 1.29 is 9.05 Å². The van der Waals surface area contributed by atoms with Gasteiger partial charge in [-0.3, -0.25) is 4.90 Å². The zero-order valence-electron chi connectivity index (χ0n) is 12.8. The molecular formula is C15H28N4+2. The van der Waals surface area contributed by atoms with Crippen molar-refractivity contribution in [3.8, 4) is 0 Å². The summed E-state index contributed by atoms with van der Waals surface area (Å²) in [7, 11) is 4.40. The van der Waals surface area contributed by atoms with Crippen LogP contribution >= 0.6 is 0 Å². The van der Waals surface area contributed by atoms with Crippen molar-refractivity contribution in [3.63, 3.8) is 0 Å². The van der Waals surface area contributed by atoms with E-state index >= 15 is 0 Å². The van der Waals surface area contributed by atoms with Crippen molar-refractivity contribution in [2.75, 3.05) is 39.8 Å². The van der Waals surface area contributed by atoms with Gasteiger partial charge in [-0.05, 0) is 13.8 Å². The van der Waals surface area contributed by atoms with Gasteiger partial charge in [-0.2, -0.15) is 0 Å². The zero-order valence-corrected chi connectivity index (χ0v) is 12.8. The molecule has 1 saturated heterocycles. The molecule has 0 bridgehead atoms. The van der Waals surface area contributed by atoms with Gasteiger partial charge in [0, 0.05) is 32.1 Å². The van der Waals surface area contributed by atoms with Crippen molar-refractivity contribution in [2.24, 2.45) is 7.05 Å². The molecule has 0 aromatic carbocycles. The molecule has 1 aromatic rings. The van der Waals surface area contributed by atoms with Crippen LogP contribution in [-0.2, 0) is 13.5 Å². The number of likely N-dealkylation sites (N-methyl/N-ethyl adjacent to an activating group) is 1. The molecule has 1 aliphatic rings. The van der Waals surface area contributed by atoms with Crippen LogP contribution in [0.2, 0.25) is 0 Å². The number of nitrogens with zero attached hydrogens (tertiary/aromatic N) is 4. The van der Waals surface area contributed by atoms with E-state index in [0.29, 0.717) is 0 Å². The number of quaternary nitrogens is 1. The van der Waals surface area contributed by atoms with E-state index in [1.165, 1.54) is 36.4 Å². The predicted octanol–water partition coefficient (Wildman–Crippen LogP) is 0.619. The van der Waals surface area contributed by atoms with Crippen LogP contribution in [0.3, 0.4) is 0 Å². The number of rotatable bonds is 4. The first-order valence-electron chi connectivity index (χ1n) is 7.36. The predicted molar refractivity (Wildman–Crippen MR) is 76.6 cm³/mol. The van der Waals surface area contributed by atoms with E-state index in [0.717, 1.165) is 19.0 Å². The molecule has 0 N–H and O–H groups in total. The normalized spacial score (nSPS) is 19.8. The van der Waals surface area contributed by atoms with Crippen LogP contribution in [0.25, 0.3) is 0 Å². The number of aromatic nitrogens is 2. The second-order valence-corrected chi connectivity index (χ2v) is 6.33. The van der Waals surface area contributed by atoms with E-state index in [1.54, 1.807) is 0 Å². The number of hydrogen-bond donors (Lipinski definition) is 0. The minimum Gasteiger partial charge on any atom is -0.322 e. The molecule has 106 valence electrons. The summed E-state index contributed by atoms with van der Waals surface area (Å²) in [5.41, 5.74) is 1.20. The summed E-state index contributed by atoms with van der Waals surface area (Å²) in [6.07, 6.45) is 5.02. The fraction of sp³-hybridized carbons (Fsp3) is 0.733. The Hall–Kier alpha value is -1.00. The highest BCUT2D eigenvalue weighted by atomic mass is 15.4. The fourth-order valence-electron chi connectivity index (χ4n) is 2.57. The summed E-state index contributed by atoms with van der Waals surface area (Å²) < 4.78 is 3.20. The smallest absolute Gasteiger partial charge is 0.286 e. The lowest BCUT2D eigenvalue weighted by Gasteiger charge is -2.44. The third kappa shape index (κ3) is 3.74. The van der Waals surface area contributed by atoms with Gasteiger partial charge in [-0.1, -0.05) is 4.98 Å². The van der Waals surface area contributed by atoms with Gasteiger partial charge in [0.25, 0.3) is 6.33 Å². The first kappa shape index (κ1) is 14.4. The van der Waals surface area contributed by atoms with Gasteiger partial charge in [0.1, 0.15) is 0 Å². The van der Waals surface area contributed by atoms with Crippen molar-refractivity contribution in [1.82, 2.24) is 9.88 Å². The molecule has 4 heteroatoms. The van der Waals surface area contributed by atoms with E-state index in [1.807, 2.05) is 17.9 Å². The van der Waals surface area contributed by atoms with E-state index in [9.17, 15) is 0 Å². The van der Waals surface area contributed by atoms with Gasteiger partial charge in [0.15, 0.2) is 5.69 Å². The summed E-state index contributed by atoms with van der Waals surface area (Å²) in [5, 5.41) is 0. The van der Waals surface area contributed by atoms with Crippen LogP contribution in [0.15, 0.2) is 18.6 Å².